The van der Waals surface area contributed by atoms with E-state index in [0.29, 0.717) is 51.0 Å². The summed E-state index contributed by atoms with van der Waals surface area (Å²) in [6.07, 6.45) is 1.74. The molecule has 4 heterocycles. The summed E-state index contributed by atoms with van der Waals surface area (Å²) in [6.45, 7) is 4.60. The highest BCUT2D eigenvalue weighted by Crippen LogP contribution is 2.32. The average Bonchev–Trinajstić information content (AvgIpc) is 3.57. The van der Waals surface area contributed by atoms with Crippen molar-refractivity contribution >= 4 is 34.9 Å². The number of nitrogens with zero attached hydrogens (tertiary/aromatic N) is 3. The van der Waals surface area contributed by atoms with Gasteiger partial charge in [0.25, 0.3) is 11.5 Å². The SMILES string of the molecule is COc1cccc(C2C(C(=O)Nc3ccccc3)=C(C)N=c3s/c(=C\c4ccc(N5CCOCC5)o4)c(=O)n32)c1. The van der Waals surface area contributed by atoms with E-state index in [9.17, 15) is 9.59 Å². The van der Waals surface area contributed by atoms with Crippen LogP contribution in [0, 0.1) is 0 Å². The molecule has 6 rings (SSSR count). The van der Waals surface area contributed by atoms with E-state index in [0.717, 1.165) is 24.5 Å². The first-order valence-corrected chi connectivity index (χ1v) is 13.8. The van der Waals surface area contributed by atoms with Crippen molar-refractivity contribution in [2.24, 2.45) is 4.99 Å². The van der Waals surface area contributed by atoms with Gasteiger partial charge in [-0.3, -0.25) is 14.2 Å². The summed E-state index contributed by atoms with van der Waals surface area (Å²) in [5.74, 6) is 1.62. The van der Waals surface area contributed by atoms with E-state index in [-0.39, 0.29) is 11.5 Å². The lowest BCUT2D eigenvalue weighted by atomic mass is 9.95. The van der Waals surface area contributed by atoms with Crippen LogP contribution in [-0.2, 0) is 9.53 Å². The van der Waals surface area contributed by atoms with E-state index in [2.05, 4.69) is 10.2 Å². The number of thiazole rings is 1. The van der Waals surface area contributed by atoms with Gasteiger partial charge in [0.2, 0.25) is 0 Å². The van der Waals surface area contributed by atoms with Gasteiger partial charge in [-0.15, -0.1) is 0 Å². The molecule has 40 heavy (non-hydrogen) atoms. The molecular formula is C30H28N4O5S. The highest BCUT2D eigenvalue weighted by molar-refractivity contribution is 7.07. The molecule has 10 heteroatoms. The van der Waals surface area contributed by atoms with Crippen molar-refractivity contribution in [3.63, 3.8) is 0 Å². The number of fused-ring (bicyclic) bond motifs is 1. The largest absolute Gasteiger partial charge is 0.497 e. The molecular weight excluding hydrogens is 528 g/mol. The number of morpholine rings is 1. The number of carbonyl (C=O) groups is 1. The molecule has 0 saturated carbocycles. The zero-order valence-corrected chi connectivity index (χ0v) is 22.9. The van der Waals surface area contributed by atoms with Gasteiger partial charge in [-0.1, -0.05) is 41.7 Å². The highest BCUT2D eigenvalue weighted by atomic mass is 32.1. The molecule has 1 amide bonds. The Morgan fingerprint density at radius 3 is 2.67 bits per heavy atom. The molecule has 0 radical (unpaired) electrons. The number of amides is 1. The van der Waals surface area contributed by atoms with Crippen molar-refractivity contribution in [3.8, 4) is 5.75 Å². The minimum Gasteiger partial charge on any atom is -0.497 e. The molecule has 1 fully saturated rings. The number of ether oxygens (including phenoxy) is 2. The molecule has 2 aliphatic heterocycles. The van der Waals surface area contributed by atoms with Crippen molar-refractivity contribution in [1.29, 1.82) is 0 Å². The fourth-order valence-corrected chi connectivity index (χ4v) is 5.99. The third-order valence-corrected chi connectivity index (χ3v) is 7.90. The first-order valence-electron chi connectivity index (χ1n) is 13.0. The third-order valence-electron chi connectivity index (χ3n) is 6.92. The fourth-order valence-electron chi connectivity index (χ4n) is 4.96. The highest BCUT2D eigenvalue weighted by Gasteiger charge is 2.33. The van der Waals surface area contributed by atoms with Crippen LogP contribution in [0.1, 0.15) is 24.3 Å². The molecule has 1 unspecified atom stereocenters. The van der Waals surface area contributed by atoms with Crippen LogP contribution in [0.3, 0.4) is 0 Å². The van der Waals surface area contributed by atoms with E-state index in [1.165, 1.54) is 11.3 Å². The van der Waals surface area contributed by atoms with Crippen molar-refractivity contribution in [2.45, 2.75) is 13.0 Å². The van der Waals surface area contributed by atoms with Crippen LogP contribution in [0.5, 0.6) is 5.75 Å². The Balaban J connectivity index is 1.44. The summed E-state index contributed by atoms with van der Waals surface area (Å²) in [6, 6.07) is 19.7. The number of carbonyl (C=O) groups excluding carboxylic acids is 1. The lowest BCUT2D eigenvalue weighted by Gasteiger charge is -2.26. The van der Waals surface area contributed by atoms with E-state index >= 15 is 0 Å². The summed E-state index contributed by atoms with van der Waals surface area (Å²) in [5.41, 5.74) is 2.08. The quantitative estimate of drug-likeness (QED) is 0.391. The molecule has 4 aromatic rings. The summed E-state index contributed by atoms with van der Waals surface area (Å²) in [5, 5.41) is 2.96. The number of hydrogen-bond acceptors (Lipinski definition) is 8. The second-order valence-corrected chi connectivity index (χ2v) is 10.5. The topological polar surface area (TPSA) is 98.3 Å². The Kier molecular flexibility index (Phi) is 7.10. The lowest BCUT2D eigenvalue weighted by Crippen LogP contribution is -2.40. The van der Waals surface area contributed by atoms with Gasteiger partial charge < -0.3 is 24.1 Å². The number of para-hydroxylation sites is 1. The Morgan fingerprint density at radius 1 is 1.10 bits per heavy atom. The Bertz CT molecular complexity index is 1760. The number of benzene rings is 2. The molecule has 204 valence electrons. The number of aromatic nitrogens is 1. The van der Waals surface area contributed by atoms with Crippen LogP contribution in [0.4, 0.5) is 11.6 Å². The maximum Gasteiger partial charge on any atom is 0.271 e. The van der Waals surface area contributed by atoms with Gasteiger partial charge in [-0.2, -0.15) is 0 Å². The van der Waals surface area contributed by atoms with Gasteiger partial charge in [-0.25, -0.2) is 4.99 Å². The van der Waals surface area contributed by atoms with Crippen molar-refractivity contribution < 1.29 is 18.7 Å². The number of rotatable bonds is 6. The summed E-state index contributed by atoms with van der Waals surface area (Å²) in [7, 11) is 1.59. The maximum absolute atomic E-state index is 13.9. The number of methoxy groups -OCH3 is 1. The molecule has 2 aromatic heterocycles. The van der Waals surface area contributed by atoms with Gasteiger partial charge >= 0.3 is 0 Å². The molecule has 0 spiro atoms. The number of nitrogens with one attached hydrogen (secondary N) is 1. The minimum absolute atomic E-state index is 0.251. The average molecular weight is 557 g/mol. The second kappa shape index (κ2) is 11.0. The molecule has 2 aromatic carbocycles. The number of furan rings is 1. The third kappa shape index (κ3) is 4.99. The summed E-state index contributed by atoms with van der Waals surface area (Å²) in [4.78, 5) is 34.9. The summed E-state index contributed by atoms with van der Waals surface area (Å²) >= 11 is 1.27. The Labute approximate surface area is 234 Å². The van der Waals surface area contributed by atoms with Crippen LogP contribution >= 0.6 is 11.3 Å². The van der Waals surface area contributed by atoms with Crippen molar-refractivity contribution in [2.75, 3.05) is 43.6 Å². The van der Waals surface area contributed by atoms with Crippen molar-refractivity contribution in [3.05, 3.63) is 109 Å². The predicted octanol–water partition coefficient (Wildman–Crippen LogP) is 3.31. The number of anilines is 2. The van der Waals surface area contributed by atoms with Gasteiger partial charge in [0.15, 0.2) is 10.7 Å². The van der Waals surface area contributed by atoms with E-state index in [4.69, 9.17) is 18.9 Å². The van der Waals surface area contributed by atoms with Gasteiger partial charge in [0, 0.05) is 30.9 Å². The minimum atomic E-state index is -0.697. The first-order chi connectivity index (χ1) is 19.5. The Morgan fingerprint density at radius 2 is 1.90 bits per heavy atom. The smallest absolute Gasteiger partial charge is 0.271 e. The van der Waals surface area contributed by atoms with Gasteiger partial charge in [0.1, 0.15) is 11.5 Å². The molecule has 9 nitrogen and oxygen atoms in total. The standard InChI is InChI=1S/C30H28N4O5S/c1-19-26(28(35)32-21-8-4-3-5-9-21)27(20-7-6-10-22(17-20)37-2)34-29(36)24(40-30(34)31-19)18-23-11-12-25(39-23)33-13-15-38-16-14-33/h3-12,17-18,27H,13-16H2,1-2H3,(H,32,35)/b24-18-. The monoisotopic (exact) mass is 556 g/mol. The second-order valence-electron chi connectivity index (χ2n) is 9.45. The fraction of sp³-hybridized carbons (Fsp3) is 0.233. The maximum atomic E-state index is 13.9. The van der Waals surface area contributed by atoms with Crippen LogP contribution < -0.4 is 29.8 Å². The molecule has 2 aliphatic rings. The van der Waals surface area contributed by atoms with E-state index in [1.54, 1.807) is 24.7 Å². The normalized spacial score (nSPS) is 17.4. The Hall–Kier alpha value is -4.41. The van der Waals surface area contributed by atoms with E-state index in [1.807, 2.05) is 66.7 Å². The van der Waals surface area contributed by atoms with Crippen LogP contribution in [0.25, 0.3) is 6.08 Å². The molecule has 1 saturated heterocycles. The molecule has 0 aliphatic carbocycles. The lowest BCUT2D eigenvalue weighted by molar-refractivity contribution is -0.113. The molecule has 1 N–H and O–H groups in total. The van der Waals surface area contributed by atoms with Gasteiger partial charge in [0.05, 0.1) is 42.2 Å². The number of hydrogen-bond donors (Lipinski definition) is 1. The summed E-state index contributed by atoms with van der Waals surface area (Å²) < 4.78 is 19.0. The van der Waals surface area contributed by atoms with Crippen LogP contribution in [0.2, 0.25) is 0 Å². The first kappa shape index (κ1) is 25.8. The van der Waals surface area contributed by atoms with Crippen LogP contribution in [0.15, 0.2) is 92.2 Å². The zero-order chi connectivity index (χ0) is 27.6. The zero-order valence-electron chi connectivity index (χ0n) is 22.1. The molecule has 0 bridgehead atoms. The molecule has 1 atom stereocenters. The van der Waals surface area contributed by atoms with Gasteiger partial charge in [-0.05, 0) is 42.8 Å². The van der Waals surface area contributed by atoms with Crippen molar-refractivity contribution in [1.82, 2.24) is 4.57 Å². The van der Waals surface area contributed by atoms with E-state index < -0.39 is 6.04 Å². The number of allylic oxidation sites excluding steroid dienone is 1. The van der Waals surface area contributed by atoms with Crippen LogP contribution in [-0.4, -0.2) is 43.9 Å². The predicted molar refractivity (Wildman–Crippen MR) is 154 cm³/mol.